The third-order valence-corrected chi connectivity index (χ3v) is 6.77. The summed E-state index contributed by atoms with van der Waals surface area (Å²) in [4.78, 5) is 31.0. The summed E-state index contributed by atoms with van der Waals surface area (Å²) < 4.78 is 5.28. The fourth-order valence-electron chi connectivity index (χ4n) is 3.28. The van der Waals surface area contributed by atoms with Gasteiger partial charge in [0.15, 0.2) is 0 Å². The number of carbonyl (C=O) groups is 2. The summed E-state index contributed by atoms with van der Waals surface area (Å²) >= 11 is 0. The maximum atomic E-state index is 13.0. The van der Waals surface area contributed by atoms with E-state index < -0.39 is 19.4 Å². The van der Waals surface area contributed by atoms with Crippen molar-refractivity contribution in [2.45, 2.75) is 45.5 Å². The monoisotopic (exact) mass is 393 g/mol. The van der Waals surface area contributed by atoms with E-state index in [1.54, 1.807) is 31.2 Å². The summed E-state index contributed by atoms with van der Waals surface area (Å²) in [6.45, 7) is 9.32. The van der Waals surface area contributed by atoms with Crippen LogP contribution < -0.4 is 0 Å². The quantitative estimate of drug-likeness (QED) is 0.396. The SMILES string of the molecule is CCOC(=O)[C@@]1(Cc2ccc(O)cc2)CC1C(=O)N(CC[Si](C)(C)C)OC. The molecule has 150 valence electrons. The van der Waals surface area contributed by atoms with Gasteiger partial charge in [-0.2, -0.15) is 0 Å². The number of phenols is 1. The molecule has 0 aliphatic heterocycles. The second kappa shape index (κ2) is 8.44. The summed E-state index contributed by atoms with van der Waals surface area (Å²) in [6, 6.07) is 7.65. The zero-order chi connectivity index (χ0) is 20.2. The summed E-state index contributed by atoms with van der Waals surface area (Å²) in [7, 11) is 0.174. The molecule has 0 heterocycles. The van der Waals surface area contributed by atoms with E-state index in [-0.39, 0.29) is 24.2 Å². The number of rotatable bonds is 9. The largest absolute Gasteiger partial charge is 0.508 e. The molecule has 2 atom stereocenters. The molecule has 0 saturated heterocycles. The highest BCUT2D eigenvalue weighted by Gasteiger charge is 2.65. The predicted octanol–water partition coefficient (Wildman–Crippen LogP) is 3.23. The van der Waals surface area contributed by atoms with Crippen molar-refractivity contribution in [2.24, 2.45) is 11.3 Å². The first-order valence-electron chi connectivity index (χ1n) is 9.43. The molecule has 2 rings (SSSR count). The molecule has 0 radical (unpaired) electrons. The smallest absolute Gasteiger partial charge is 0.313 e. The maximum Gasteiger partial charge on any atom is 0.313 e. The minimum Gasteiger partial charge on any atom is -0.508 e. The van der Waals surface area contributed by atoms with Crippen LogP contribution in [-0.4, -0.2) is 50.4 Å². The fourth-order valence-corrected chi connectivity index (χ4v) is 4.15. The minimum atomic E-state index is -1.32. The van der Waals surface area contributed by atoms with E-state index in [2.05, 4.69) is 19.6 Å². The number of amides is 1. The van der Waals surface area contributed by atoms with E-state index in [4.69, 9.17) is 9.57 Å². The van der Waals surface area contributed by atoms with E-state index in [1.807, 2.05) is 0 Å². The van der Waals surface area contributed by atoms with Gasteiger partial charge in [0.1, 0.15) is 5.75 Å². The molecule has 1 unspecified atom stereocenters. The average Bonchev–Trinajstić information content (AvgIpc) is 3.32. The van der Waals surface area contributed by atoms with Crippen LogP contribution in [0, 0.1) is 11.3 Å². The lowest BCUT2D eigenvalue weighted by atomic mass is 9.93. The Hall–Kier alpha value is -1.86. The van der Waals surface area contributed by atoms with Gasteiger partial charge >= 0.3 is 5.97 Å². The van der Waals surface area contributed by atoms with Crippen molar-refractivity contribution in [3.8, 4) is 5.75 Å². The first kappa shape index (κ1) is 21.4. The van der Waals surface area contributed by atoms with Crippen LogP contribution in [0.3, 0.4) is 0 Å². The van der Waals surface area contributed by atoms with Crippen LogP contribution in [0.5, 0.6) is 5.75 Å². The minimum absolute atomic E-state index is 0.150. The molecular formula is C20H31NO5Si. The molecule has 1 aliphatic rings. The van der Waals surface area contributed by atoms with Crippen LogP contribution in [0.1, 0.15) is 18.9 Å². The van der Waals surface area contributed by atoms with Gasteiger partial charge in [-0.1, -0.05) is 31.8 Å². The second-order valence-corrected chi connectivity index (χ2v) is 14.0. The standard InChI is InChI=1S/C20H31NO5Si/c1-6-26-19(24)20(13-15-7-9-16(22)10-8-15)14-17(20)18(23)21(25-2)11-12-27(3,4)5/h7-10,17,22H,6,11-14H2,1-5H3/t17?,20-/m0/s1. The zero-order valence-corrected chi connectivity index (χ0v) is 17.9. The first-order valence-corrected chi connectivity index (χ1v) is 13.1. The van der Waals surface area contributed by atoms with Crippen molar-refractivity contribution < 1.29 is 24.3 Å². The highest BCUT2D eigenvalue weighted by atomic mass is 28.3. The Balaban J connectivity index is 2.15. The average molecular weight is 394 g/mol. The van der Waals surface area contributed by atoms with Crippen LogP contribution in [0.25, 0.3) is 0 Å². The molecule has 1 aliphatic carbocycles. The molecule has 7 heteroatoms. The number of nitrogens with zero attached hydrogens (tertiary/aromatic N) is 1. The Morgan fingerprint density at radius 1 is 1.26 bits per heavy atom. The van der Waals surface area contributed by atoms with Crippen molar-refractivity contribution in [3.05, 3.63) is 29.8 Å². The predicted molar refractivity (Wildman–Crippen MR) is 106 cm³/mol. The number of ether oxygens (including phenoxy) is 1. The lowest BCUT2D eigenvalue weighted by Crippen LogP contribution is -2.38. The molecule has 1 saturated carbocycles. The van der Waals surface area contributed by atoms with Crippen molar-refractivity contribution >= 4 is 20.0 Å². The number of esters is 1. The fraction of sp³-hybridized carbons (Fsp3) is 0.600. The number of hydrogen-bond acceptors (Lipinski definition) is 5. The van der Waals surface area contributed by atoms with Gasteiger partial charge in [0, 0.05) is 14.6 Å². The molecule has 1 aromatic carbocycles. The Bertz CT molecular complexity index is 670. The van der Waals surface area contributed by atoms with Gasteiger partial charge in [-0.25, -0.2) is 5.06 Å². The van der Waals surface area contributed by atoms with Gasteiger partial charge in [-0.3, -0.25) is 14.4 Å². The number of hydroxylamine groups is 2. The molecule has 27 heavy (non-hydrogen) atoms. The summed E-state index contributed by atoms with van der Waals surface area (Å²) in [6.07, 6.45) is 0.868. The van der Waals surface area contributed by atoms with Gasteiger partial charge in [-0.15, -0.1) is 0 Å². The lowest BCUT2D eigenvalue weighted by Gasteiger charge is -2.25. The molecule has 1 aromatic rings. The Labute approximate surface area is 162 Å². The normalized spacial score (nSPS) is 21.6. The van der Waals surface area contributed by atoms with Gasteiger partial charge in [0.2, 0.25) is 5.91 Å². The van der Waals surface area contributed by atoms with Crippen LogP contribution >= 0.6 is 0 Å². The zero-order valence-electron chi connectivity index (χ0n) is 16.9. The topological polar surface area (TPSA) is 76.1 Å². The van der Waals surface area contributed by atoms with Crippen molar-refractivity contribution in [2.75, 3.05) is 20.3 Å². The number of hydrogen-bond donors (Lipinski definition) is 1. The van der Waals surface area contributed by atoms with Crippen molar-refractivity contribution in [1.29, 1.82) is 0 Å². The summed E-state index contributed by atoms with van der Waals surface area (Å²) in [5, 5.41) is 10.9. The van der Waals surface area contributed by atoms with E-state index >= 15 is 0 Å². The van der Waals surface area contributed by atoms with Crippen LogP contribution in [-0.2, 0) is 25.6 Å². The number of aromatic hydroxyl groups is 1. The number of carbonyl (C=O) groups excluding carboxylic acids is 2. The van der Waals surface area contributed by atoms with Crippen LogP contribution in [0.2, 0.25) is 25.7 Å². The van der Waals surface area contributed by atoms with E-state index in [0.717, 1.165) is 11.6 Å². The van der Waals surface area contributed by atoms with E-state index in [1.165, 1.54) is 12.2 Å². The van der Waals surface area contributed by atoms with Gasteiger partial charge < -0.3 is 9.84 Å². The molecule has 1 amide bonds. The first-order chi connectivity index (χ1) is 12.6. The van der Waals surface area contributed by atoms with Crippen molar-refractivity contribution in [3.63, 3.8) is 0 Å². The third kappa shape index (κ3) is 5.32. The van der Waals surface area contributed by atoms with Crippen molar-refractivity contribution in [1.82, 2.24) is 5.06 Å². The van der Waals surface area contributed by atoms with E-state index in [0.29, 0.717) is 19.4 Å². The Morgan fingerprint density at radius 3 is 2.41 bits per heavy atom. The highest BCUT2D eigenvalue weighted by Crippen LogP contribution is 2.56. The van der Waals surface area contributed by atoms with E-state index in [9.17, 15) is 14.7 Å². The van der Waals surface area contributed by atoms with Crippen LogP contribution in [0.15, 0.2) is 24.3 Å². The maximum absolute atomic E-state index is 13.0. The molecule has 0 bridgehead atoms. The van der Waals surface area contributed by atoms with Gasteiger partial charge in [0.05, 0.1) is 25.0 Å². The molecule has 1 fully saturated rings. The Morgan fingerprint density at radius 2 is 1.89 bits per heavy atom. The summed E-state index contributed by atoms with van der Waals surface area (Å²) in [5.41, 5.74) is 0.0437. The van der Waals surface area contributed by atoms with Gasteiger partial charge in [0.25, 0.3) is 0 Å². The second-order valence-electron chi connectivity index (χ2n) is 8.41. The number of phenolic OH excluding ortho intramolecular Hbond substituents is 1. The molecular weight excluding hydrogens is 362 g/mol. The molecule has 0 aromatic heterocycles. The lowest BCUT2D eigenvalue weighted by molar-refractivity contribution is -0.178. The van der Waals surface area contributed by atoms with Gasteiger partial charge in [-0.05, 0) is 43.5 Å². The molecule has 6 nitrogen and oxygen atoms in total. The number of benzene rings is 1. The third-order valence-electron chi connectivity index (χ3n) is 5.04. The van der Waals surface area contributed by atoms with Crippen LogP contribution in [0.4, 0.5) is 0 Å². The Kier molecular flexibility index (Phi) is 6.70. The highest BCUT2D eigenvalue weighted by molar-refractivity contribution is 6.76. The molecule has 1 N–H and O–H groups in total. The summed E-state index contributed by atoms with van der Waals surface area (Å²) in [5.74, 6) is -0.753. The molecule has 0 spiro atoms.